The number of anilines is 1. The van der Waals surface area contributed by atoms with Crippen LogP contribution in [0.25, 0.3) is 0 Å². The fourth-order valence-electron chi connectivity index (χ4n) is 5.86. The molecule has 1 unspecified atom stereocenters. The number of rotatable bonds is 3. The van der Waals surface area contributed by atoms with Crippen LogP contribution in [0.15, 0.2) is 35.0 Å². The molecule has 2 aliphatic heterocycles. The highest BCUT2D eigenvalue weighted by atomic mass is 16.3. The quantitative estimate of drug-likeness (QED) is 0.582. The van der Waals surface area contributed by atoms with Gasteiger partial charge in [0, 0.05) is 51.4 Å². The van der Waals surface area contributed by atoms with Crippen LogP contribution in [0.5, 0.6) is 5.75 Å². The third-order valence-electron chi connectivity index (χ3n) is 7.69. The van der Waals surface area contributed by atoms with E-state index >= 15 is 0 Å². The zero-order chi connectivity index (χ0) is 24.7. The molecule has 1 aromatic heterocycles. The summed E-state index contributed by atoms with van der Waals surface area (Å²) in [7, 11) is 5.57. The third kappa shape index (κ3) is 4.18. The number of amides is 1. The molecule has 0 saturated heterocycles. The number of aromatic nitrogens is 2. The SMILES string of the molecule is CN(C)C(=O)C(N)=CC1=NCCCN(c2n[nH]c3c2CN(C)C2(CCCc4ccc(O)cc42)C3)C1. The first-order valence-corrected chi connectivity index (χ1v) is 12.4. The van der Waals surface area contributed by atoms with Gasteiger partial charge in [0.25, 0.3) is 5.91 Å². The summed E-state index contributed by atoms with van der Waals surface area (Å²) in [5.41, 5.74) is 11.8. The van der Waals surface area contributed by atoms with Crippen LogP contribution >= 0.6 is 0 Å². The number of aryl methyl sites for hydroxylation is 1. The Morgan fingerprint density at radius 3 is 2.91 bits per heavy atom. The predicted molar refractivity (Wildman–Crippen MR) is 137 cm³/mol. The van der Waals surface area contributed by atoms with Crippen LogP contribution in [0.4, 0.5) is 5.82 Å². The van der Waals surface area contributed by atoms with E-state index in [1.54, 1.807) is 26.2 Å². The molecule has 186 valence electrons. The van der Waals surface area contributed by atoms with Crippen LogP contribution in [-0.4, -0.2) is 77.5 Å². The summed E-state index contributed by atoms with van der Waals surface area (Å²) >= 11 is 0. The van der Waals surface area contributed by atoms with Gasteiger partial charge in [0.1, 0.15) is 5.75 Å². The van der Waals surface area contributed by atoms with E-state index in [0.717, 1.165) is 62.4 Å². The van der Waals surface area contributed by atoms with Crippen LogP contribution in [0.3, 0.4) is 0 Å². The summed E-state index contributed by atoms with van der Waals surface area (Å²) in [6.07, 6.45) is 6.68. The summed E-state index contributed by atoms with van der Waals surface area (Å²) in [5.74, 6) is 1.06. The molecule has 2 aromatic rings. The van der Waals surface area contributed by atoms with Crippen molar-refractivity contribution in [1.82, 2.24) is 20.0 Å². The largest absolute Gasteiger partial charge is 0.508 e. The first kappa shape index (κ1) is 23.4. The fraction of sp³-hybridized carbons (Fsp3) is 0.500. The maximum absolute atomic E-state index is 12.2. The van der Waals surface area contributed by atoms with E-state index in [2.05, 4.69) is 33.0 Å². The molecule has 1 atom stereocenters. The van der Waals surface area contributed by atoms with E-state index in [9.17, 15) is 9.90 Å². The second-order valence-corrected chi connectivity index (χ2v) is 10.2. The average Bonchev–Trinajstić information content (AvgIpc) is 3.08. The molecule has 0 saturated carbocycles. The summed E-state index contributed by atoms with van der Waals surface area (Å²) in [5, 5.41) is 18.4. The van der Waals surface area contributed by atoms with Crippen LogP contribution in [0.2, 0.25) is 0 Å². The molecule has 1 aliphatic carbocycles. The number of likely N-dealkylation sites (N-methyl/N-ethyl adjacent to an activating group) is 2. The van der Waals surface area contributed by atoms with E-state index in [1.165, 1.54) is 21.6 Å². The molecular formula is C26H35N7O2. The highest BCUT2D eigenvalue weighted by Gasteiger charge is 2.45. The normalized spacial score (nSPS) is 22.9. The van der Waals surface area contributed by atoms with Crippen molar-refractivity contribution in [1.29, 1.82) is 0 Å². The molecule has 3 heterocycles. The number of aromatic hydroxyl groups is 1. The molecule has 1 amide bonds. The number of nitrogens with two attached hydrogens (primary N) is 1. The zero-order valence-electron chi connectivity index (χ0n) is 20.8. The van der Waals surface area contributed by atoms with Gasteiger partial charge in [-0.25, -0.2) is 0 Å². The molecule has 1 aromatic carbocycles. The number of carbonyl (C=O) groups is 1. The van der Waals surface area contributed by atoms with Crippen molar-refractivity contribution in [2.45, 2.75) is 44.2 Å². The number of fused-ring (bicyclic) bond motifs is 3. The Kier molecular flexibility index (Phi) is 6.04. The number of carbonyl (C=O) groups excluding carboxylic acids is 1. The maximum atomic E-state index is 12.2. The van der Waals surface area contributed by atoms with Gasteiger partial charge in [-0.1, -0.05) is 6.07 Å². The Bertz CT molecular complexity index is 1200. The number of H-pyrrole nitrogens is 1. The Balaban J connectivity index is 1.43. The van der Waals surface area contributed by atoms with Gasteiger partial charge in [0.15, 0.2) is 5.82 Å². The van der Waals surface area contributed by atoms with E-state index in [0.29, 0.717) is 18.8 Å². The molecule has 3 aliphatic rings. The molecule has 5 rings (SSSR count). The Morgan fingerprint density at radius 1 is 1.29 bits per heavy atom. The molecule has 1 spiro atoms. The van der Waals surface area contributed by atoms with Gasteiger partial charge >= 0.3 is 0 Å². The van der Waals surface area contributed by atoms with Gasteiger partial charge in [0.05, 0.1) is 23.5 Å². The number of benzene rings is 1. The summed E-state index contributed by atoms with van der Waals surface area (Å²) in [4.78, 5) is 23.0. The van der Waals surface area contributed by atoms with Crippen LogP contribution in [-0.2, 0) is 29.7 Å². The zero-order valence-corrected chi connectivity index (χ0v) is 20.8. The highest BCUT2D eigenvalue weighted by molar-refractivity contribution is 6.05. The summed E-state index contributed by atoms with van der Waals surface area (Å²) < 4.78 is 0. The average molecular weight is 478 g/mol. The van der Waals surface area contributed by atoms with Crippen molar-refractivity contribution in [3.8, 4) is 5.75 Å². The number of hydrogen-bond acceptors (Lipinski definition) is 7. The molecule has 4 N–H and O–H groups in total. The Morgan fingerprint density at radius 2 is 2.11 bits per heavy atom. The lowest BCUT2D eigenvalue weighted by molar-refractivity contribution is -0.124. The van der Waals surface area contributed by atoms with Crippen molar-refractivity contribution in [2.75, 3.05) is 45.7 Å². The van der Waals surface area contributed by atoms with Crippen molar-refractivity contribution in [3.63, 3.8) is 0 Å². The van der Waals surface area contributed by atoms with Crippen molar-refractivity contribution >= 4 is 17.4 Å². The van der Waals surface area contributed by atoms with Gasteiger partial charge in [-0.05, 0) is 62.1 Å². The fourth-order valence-corrected chi connectivity index (χ4v) is 5.86. The number of nitrogens with zero attached hydrogens (tertiary/aromatic N) is 5. The molecule has 9 nitrogen and oxygen atoms in total. The van der Waals surface area contributed by atoms with E-state index in [4.69, 9.17) is 10.8 Å². The van der Waals surface area contributed by atoms with E-state index in [1.807, 2.05) is 6.07 Å². The molecule has 0 fully saturated rings. The number of phenols is 1. The van der Waals surface area contributed by atoms with E-state index < -0.39 is 0 Å². The number of phenolic OH excluding ortho intramolecular Hbond substituents is 1. The lowest BCUT2D eigenvalue weighted by atomic mass is 9.71. The van der Waals surface area contributed by atoms with Gasteiger partial charge in [-0.2, -0.15) is 5.10 Å². The van der Waals surface area contributed by atoms with Crippen molar-refractivity contribution in [3.05, 3.63) is 52.4 Å². The number of nitrogens with one attached hydrogen (secondary N) is 1. The van der Waals surface area contributed by atoms with Gasteiger partial charge in [-0.15, -0.1) is 0 Å². The number of hydrogen-bond donors (Lipinski definition) is 3. The van der Waals surface area contributed by atoms with Gasteiger partial charge < -0.3 is 20.6 Å². The molecule has 35 heavy (non-hydrogen) atoms. The molecular weight excluding hydrogens is 442 g/mol. The Labute approximate surface area is 206 Å². The van der Waals surface area contributed by atoms with Crippen molar-refractivity contribution in [2.24, 2.45) is 10.7 Å². The monoisotopic (exact) mass is 477 g/mol. The molecule has 0 bridgehead atoms. The lowest BCUT2D eigenvalue weighted by Gasteiger charge is -2.48. The summed E-state index contributed by atoms with van der Waals surface area (Å²) in [6, 6.07) is 5.83. The lowest BCUT2D eigenvalue weighted by Crippen LogP contribution is -2.50. The first-order valence-electron chi connectivity index (χ1n) is 12.4. The highest BCUT2D eigenvalue weighted by Crippen LogP contribution is 2.47. The minimum Gasteiger partial charge on any atom is -0.508 e. The third-order valence-corrected chi connectivity index (χ3v) is 7.69. The van der Waals surface area contributed by atoms with Crippen molar-refractivity contribution < 1.29 is 9.90 Å². The Hall–Kier alpha value is -3.33. The minimum absolute atomic E-state index is 0.141. The van der Waals surface area contributed by atoms with Crippen LogP contribution in [0, 0.1) is 0 Å². The second-order valence-electron chi connectivity index (χ2n) is 10.2. The van der Waals surface area contributed by atoms with Gasteiger partial charge in [-0.3, -0.25) is 19.8 Å². The van der Waals surface area contributed by atoms with Crippen LogP contribution in [0.1, 0.15) is 41.6 Å². The topological polar surface area (TPSA) is 114 Å². The minimum atomic E-state index is -0.216. The number of aromatic amines is 1. The van der Waals surface area contributed by atoms with E-state index in [-0.39, 0.29) is 17.1 Å². The second kappa shape index (κ2) is 9.03. The van der Waals surface area contributed by atoms with Crippen LogP contribution < -0.4 is 10.6 Å². The molecule has 9 heteroatoms. The number of aliphatic imine (C=N–C) groups is 1. The van der Waals surface area contributed by atoms with Gasteiger partial charge in [0.2, 0.25) is 0 Å². The smallest absolute Gasteiger partial charge is 0.269 e. The predicted octanol–water partition coefficient (Wildman–Crippen LogP) is 1.92. The standard InChI is InChI=1S/C26H35N7O2/c1-31(2)25(35)22(27)12-18-15-33(11-5-10-28-18)24-20-16-32(3)26(14-23(20)29-30-24)9-4-6-17-7-8-19(34)13-21(17)26/h7-8,12-13,34H,4-6,9-11,14-16,27H2,1-3H3,(H,29,30). The maximum Gasteiger partial charge on any atom is 0.269 e. The molecule has 0 radical (unpaired) electrons. The first-order chi connectivity index (χ1) is 16.8. The summed E-state index contributed by atoms with van der Waals surface area (Å²) in [6.45, 7) is 2.87.